The fourth-order valence-electron chi connectivity index (χ4n) is 3.00. The number of amides is 1. The second kappa shape index (κ2) is 6.09. The third kappa shape index (κ3) is 3.49. The van der Waals surface area contributed by atoms with Crippen LogP contribution >= 0.6 is 0 Å². The van der Waals surface area contributed by atoms with E-state index in [-0.39, 0.29) is 11.3 Å². The summed E-state index contributed by atoms with van der Waals surface area (Å²) < 4.78 is 0. The van der Waals surface area contributed by atoms with Crippen molar-refractivity contribution < 1.29 is 4.79 Å². The van der Waals surface area contributed by atoms with Crippen LogP contribution < -0.4 is 11.1 Å². The lowest BCUT2D eigenvalue weighted by molar-refractivity contribution is -0.127. The zero-order valence-electron chi connectivity index (χ0n) is 11.7. The Labute approximate surface area is 115 Å². The predicted octanol–water partition coefficient (Wildman–Crippen LogP) is 3.23. The van der Waals surface area contributed by atoms with Crippen LogP contribution in [0.15, 0.2) is 24.3 Å². The predicted molar refractivity (Wildman–Crippen MR) is 79.0 cm³/mol. The van der Waals surface area contributed by atoms with Crippen molar-refractivity contribution >= 4 is 11.6 Å². The smallest absolute Gasteiger partial charge is 0.223 e. The van der Waals surface area contributed by atoms with Crippen LogP contribution in [-0.4, -0.2) is 12.5 Å². The van der Waals surface area contributed by atoms with Gasteiger partial charge in [-0.15, -0.1) is 0 Å². The van der Waals surface area contributed by atoms with Gasteiger partial charge in [-0.3, -0.25) is 4.79 Å². The number of carbonyl (C=O) groups excluding carboxylic acids is 1. The molecular weight excluding hydrogens is 236 g/mol. The topological polar surface area (TPSA) is 55.1 Å². The molecule has 2 rings (SSSR count). The Kier molecular flexibility index (Phi) is 4.46. The van der Waals surface area contributed by atoms with Gasteiger partial charge in [0.25, 0.3) is 0 Å². The average Bonchev–Trinajstić information content (AvgIpc) is 2.87. The van der Waals surface area contributed by atoms with Gasteiger partial charge in [0.1, 0.15) is 0 Å². The quantitative estimate of drug-likeness (QED) is 0.771. The molecule has 1 aliphatic rings. The summed E-state index contributed by atoms with van der Waals surface area (Å²) in [5.41, 5.74) is 7.78. The number of anilines is 1. The van der Waals surface area contributed by atoms with E-state index in [2.05, 4.69) is 36.5 Å². The molecule has 0 aliphatic heterocycles. The summed E-state index contributed by atoms with van der Waals surface area (Å²) in [5, 5.41) is 3.40. The number of benzene rings is 1. The minimum Gasteiger partial charge on any atom is -0.385 e. The van der Waals surface area contributed by atoms with Crippen LogP contribution in [0.2, 0.25) is 0 Å². The maximum atomic E-state index is 11.6. The van der Waals surface area contributed by atoms with Gasteiger partial charge in [0.2, 0.25) is 5.91 Å². The average molecular weight is 260 g/mol. The first-order valence-electron chi connectivity index (χ1n) is 7.23. The summed E-state index contributed by atoms with van der Waals surface area (Å²) in [5.74, 6) is -0.0969. The molecule has 0 aromatic heterocycles. The first kappa shape index (κ1) is 13.9. The molecule has 1 aromatic rings. The fourth-order valence-corrected chi connectivity index (χ4v) is 3.00. The van der Waals surface area contributed by atoms with E-state index >= 15 is 0 Å². The van der Waals surface area contributed by atoms with Crippen molar-refractivity contribution in [2.75, 3.05) is 11.9 Å². The molecule has 3 nitrogen and oxygen atoms in total. The van der Waals surface area contributed by atoms with Crippen molar-refractivity contribution in [2.45, 2.75) is 45.4 Å². The molecule has 1 fully saturated rings. The van der Waals surface area contributed by atoms with Crippen LogP contribution in [0.1, 0.15) is 44.1 Å². The van der Waals surface area contributed by atoms with Gasteiger partial charge in [-0.1, -0.05) is 30.5 Å². The van der Waals surface area contributed by atoms with Crippen molar-refractivity contribution in [1.82, 2.24) is 0 Å². The minimum atomic E-state index is -0.213. The largest absolute Gasteiger partial charge is 0.385 e. The van der Waals surface area contributed by atoms with E-state index in [0.29, 0.717) is 0 Å². The summed E-state index contributed by atoms with van der Waals surface area (Å²) in [7, 11) is 0. The molecule has 1 amide bonds. The van der Waals surface area contributed by atoms with Crippen molar-refractivity contribution in [3.63, 3.8) is 0 Å². The fraction of sp³-hybridized carbons (Fsp3) is 0.562. The number of rotatable bonds is 6. The summed E-state index contributed by atoms with van der Waals surface area (Å²) in [6.07, 6.45) is 6.17. The molecule has 3 heteroatoms. The van der Waals surface area contributed by atoms with Crippen molar-refractivity contribution in [1.29, 1.82) is 0 Å². The third-order valence-corrected chi connectivity index (χ3v) is 4.30. The number of hydrogen-bond acceptors (Lipinski definition) is 2. The van der Waals surface area contributed by atoms with Gasteiger partial charge in [-0.05, 0) is 44.7 Å². The molecule has 0 atom stereocenters. The van der Waals surface area contributed by atoms with Gasteiger partial charge in [0.05, 0.1) is 0 Å². The molecule has 3 N–H and O–H groups in total. The van der Waals surface area contributed by atoms with Gasteiger partial charge in [-0.2, -0.15) is 0 Å². The normalized spacial score (nSPS) is 17.3. The van der Waals surface area contributed by atoms with Crippen LogP contribution in [0.25, 0.3) is 0 Å². The van der Waals surface area contributed by atoms with Gasteiger partial charge < -0.3 is 11.1 Å². The highest BCUT2D eigenvalue weighted by molar-refractivity contribution is 5.81. The zero-order valence-corrected chi connectivity index (χ0v) is 11.7. The first-order chi connectivity index (χ1) is 9.12. The lowest BCUT2D eigenvalue weighted by atomic mass is 9.81. The van der Waals surface area contributed by atoms with Crippen LogP contribution in [0, 0.1) is 12.3 Å². The SMILES string of the molecule is Cc1ccc(NCCCC2(C(N)=O)CCCC2)cc1. The number of primary amides is 1. The molecule has 0 saturated heterocycles. The first-order valence-corrected chi connectivity index (χ1v) is 7.23. The van der Waals surface area contributed by atoms with Gasteiger partial charge in [0, 0.05) is 17.6 Å². The molecular formula is C16H24N2O. The molecule has 0 bridgehead atoms. The van der Waals surface area contributed by atoms with Crippen LogP contribution in [-0.2, 0) is 4.79 Å². The van der Waals surface area contributed by atoms with Crippen LogP contribution in [0.4, 0.5) is 5.69 Å². The number of carbonyl (C=O) groups is 1. The molecule has 104 valence electrons. The lowest BCUT2D eigenvalue weighted by Crippen LogP contribution is -2.35. The highest BCUT2D eigenvalue weighted by Gasteiger charge is 2.38. The molecule has 1 saturated carbocycles. The van der Waals surface area contributed by atoms with Crippen molar-refractivity contribution in [3.05, 3.63) is 29.8 Å². The molecule has 1 aliphatic carbocycles. The van der Waals surface area contributed by atoms with Gasteiger partial charge in [-0.25, -0.2) is 0 Å². The maximum Gasteiger partial charge on any atom is 0.223 e. The standard InChI is InChI=1S/C16H24N2O/c1-13-5-7-14(8-6-13)18-12-4-11-16(15(17)19)9-2-3-10-16/h5-8,18H,2-4,9-12H2,1H3,(H2,17,19). The number of nitrogens with two attached hydrogens (primary N) is 1. The summed E-state index contributed by atoms with van der Waals surface area (Å²) >= 11 is 0. The minimum absolute atomic E-state index is 0.0969. The lowest BCUT2D eigenvalue weighted by Gasteiger charge is -2.25. The van der Waals surface area contributed by atoms with E-state index in [9.17, 15) is 4.79 Å². The summed E-state index contributed by atoms with van der Waals surface area (Å²) in [6, 6.07) is 8.39. The Hall–Kier alpha value is -1.51. The monoisotopic (exact) mass is 260 g/mol. The second-order valence-corrected chi connectivity index (χ2v) is 5.75. The third-order valence-electron chi connectivity index (χ3n) is 4.30. The highest BCUT2D eigenvalue weighted by Crippen LogP contribution is 2.41. The van der Waals surface area contributed by atoms with E-state index in [1.807, 2.05) is 0 Å². The molecule has 19 heavy (non-hydrogen) atoms. The maximum absolute atomic E-state index is 11.6. The molecule has 0 radical (unpaired) electrons. The number of hydrogen-bond donors (Lipinski definition) is 2. The molecule has 1 aromatic carbocycles. The van der Waals surface area contributed by atoms with Crippen LogP contribution in [0.5, 0.6) is 0 Å². The highest BCUT2D eigenvalue weighted by atomic mass is 16.1. The Balaban J connectivity index is 1.77. The second-order valence-electron chi connectivity index (χ2n) is 5.75. The summed E-state index contributed by atoms with van der Waals surface area (Å²) in [6.45, 7) is 2.98. The van der Waals surface area contributed by atoms with E-state index < -0.39 is 0 Å². The Morgan fingerprint density at radius 3 is 2.47 bits per heavy atom. The molecule has 0 heterocycles. The van der Waals surface area contributed by atoms with E-state index in [0.717, 1.165) is 50.8 Å². The van der Waals surface area contributed by atoms with E-state index in [1.165, 1.54) is 5.56 Å². The molecule has 0 spiro atoms. The van der Waals surface area contributed by atoms with Gasteiger partial charge in [0.15, 0.2) is 0 Å². The number of aryl methyl sites for hydroxylation is 1. The molecule has 0 unspecified atom stereocenters. The Morgan fingerprint density at radius 2 is 1.89 bits per heavy atom. The Morgan fingerprint density at radius 1 is 1.26 bits per heavy atom. The zero-order chi connectivity index (χ0) is 13.7. The van der Waals surface area contributed by atoms with Gasteiger partial charge >= 0.3 is 0 Å². The summed E-state index contributed by atoms with van der Waals surface area (Å²) in [4.78, 5) is 11.6. The van der Waals surface area contributed by atoms with Crippen LogP contribution in [0.3, 0.4) is 0 Å². The van der Waals surface area contributed by atoms with E-state index in [1.54, 1.807) is 0 Å². The van der Waals surface area contributed by atoms with E-state index in [4.69, 9.17) is 5.73 Å². The van der Waals surface area contributed by atoms with Crippen molar-refractivity contribution in [3.8, 4) is 0 Å². The van der Waals surface area contributed by atoms with Crippen molar-refractivity contribution in [2.24, 2.45) is 11.1 Å². The Bertz CT molecular complexity index is 419. The number of nitrogens with one attached hydrogen (secondary N) is 1.